The molecule has 0 saturated carbocycles. The number of ether oxygens (including phenoxy) is 2. The van der Waals surface area contributed by atoms with Crippen LogP contribution in [0.5, 0.6) is 11.5 Å². The summed E-state index contributed by atoms with van der Waals surface area (Å²) in [5.74, 6) is 0.465. The highest BCUT2D eigenvalue weighted by atomic mass is 16.6. The molecule has 4 heteroatoms. The van der Waals surface area contributed by atoms with Crippen LogP contribution in [0.1, 0.15) is 10.4 Å². The number of carbonyl (C=O) groups is 1. The summed E-state index contributed by atoms with van der Waals surface area (Å²) in [5, 5.41) is 0. The van der Waals surface area contributed by atoms with Gasteiger partial charge in [0.1, 0.15) is 13.2 Å². The smallest absolute Gasteiger partial charge is 0.252 e. The minimum absolute atomic E-state index is 0.345. The highest BCUT2D eigenvalue weighted by Crippen LogP contribution is 2.38. The fourth-order valence-electron chi connectivity index (χ4n) is 3.01. The van der Waals surface area contributed by atoms with Gasteiger partial charge < -0.3 is 15.2 Å². The summed E-state index contributed by atoms with van der Waals surface area (Å²) in [6.45, 7) is 0.870. The summed E-state index contributed by atoms with van der Waals surface area (Å²) < 4.78 is 11.2. The molecule has 0 aromatic heterocycles. The highest BCUT2D eigenvalue weighted by Gasteiger charge is 2.21. The van der Waals surface area contributed by atoms with Crippen molar-refractivity contribution in [3.8, 4) is 33.8 Å². The van der Waals surface area contributed by atoms with Crippen LogP contribution in [0.4, 0.5) is 0 Å². The molecule has 2 N–H and O–H groups in total. The van der Waals surface area contributed by atoms with E-state index >= 15 is 0 Å². The second-order valence-corrected chi connectivity index (χ2v) is 5.86. The summed E-state index contributed by atoms with van der Waals surface area (Å²) in [5.41, 5.74) is 9.98. The molecule has 1 heterocycles. The van der Waals surface area contributed by atoms with Crippen LogP contribution in [0.15, 0.2) is 66.7 Å². The normalized spacial score (nSPS) is 12.6. The molecule has 1 aliphatic rings. The molecule has 3 aromatic rings. The van der Waals surface area contributed by atoms with E-state index in [2.05, 4.69) is 24.3 Å². The Kier molecular flexibility index (Phi) is 3.86. The number of fused-ring (bicyclic) bond motifs is 1. The zero-order valence-corrected chi connectivity index (χ0v) is 13.6. The minimum atomic E-state index is -0.525. The van der Waals surface area contributed by atoms with E-state index in [1.54, 1.807) is 6.07 Å². The third-order valence-corrected chi connectivity index (χ3v) is 4.21. The summed E-state index contributed by atoms with van der Waals surface area (Å²) in [4.78, 5) is 11.8. The van der Waals surface area contributed by atoms with Crippen molar-refractivity contribution in [2.45, 2.75) is 0 Å². The molecule has 1 amide bonds. The SMILES string of the molecule is NC(=O)c1cc(-c2cccc(-c3ccccc3)c2)cc2c1OCCO2. The van der Waals surface area contributed by atoms with Gasteiger partial charge in [0.15, 0.2) is 11.5 Å². The van der Waals surface area contributed by atoms with Crippen LogP contribution >= 0.6 is 0 Å². The standard InChI is InChI=1S/C21H17NO3/c22-21(23)18-12-17(13-19-20(18)25-10-9-24-19)16-8-4-7-15(11-16)14-5-2-1-3-6-14/h1-8,11-13H,9-10H2,(H2,22,23). The van der Waals surface area contributed by atoms with Gasteiger partial charge in [-0.1, -0.05) is 48.5 Å². The van der Waals surface area contributed by atoms with Crippen LogP contribution in [-0.2, 0) is 0 Å². The lowest BCUT2D eigenvalue weighted by atomic mass is 9.97. The van der Waals surface area contributed by atoms with Gasteiger partial charge in [0.05, 0.1) is 5.56 Å². The fourth-order valence-corrected chi connectivity index (χ4v) is 3.01. The second kappa shape index (κ2) is 6.32. The first-order valence-electron chi connectivity index (χ1n) is 8.12. The molecule has 0 spiro atoms. The van der Waals surface area contributed by atoms with Gasteiger partial charge in [-0.15, -0.1) is 0 Å². The molecule has 0 saturated heterocycles. The first-order chi connectivity index (χ1) is 12.2. The van der Waals surface area contributed by atoms with Gasteiger partial charge in [0.25, 0.3) is 5.91 Å². The first-order valence-corrected chi connectivity index (χ1v) is 8.12. The van der Waals surface area contributed by atoms with Crippen LogP contribution in [0.25, 0.3) is 22.3 Å². The quantitative estimate of drug-likeness (QED) is 0.792. The van der Waals surface area contributed by atoms with E-state index in [9.17, 15) is 4.79 Å². The molecule has 1 aliphatic heterocycles. The van der Waals surface area contributed by atoms with Gasteiger partial charge in [-0.2, -0.15) is 0 Å². The third-order valence-electron chi connectivity index (χ3n) is 4.21. The average molecular weight is 331 g/mol. The van der Waals surface area contributed by atoms with Gasteiger partial charge in [-0.05, 0) is 40.5 Å². The lowest BCUT2D eigenvalue weighted by Gasteiger charge is -2.21. The molecule has 0 atom stereocenters. The maximum absolute atomic E-state index is 11.8. The molecule has 0 unspecified atom stereocenters. The summed E-state index contributed by atoms with van der Waals surface area (Å²) in [6.07, 6.45) is 0. The van der Waals surface area contributed by atoms with Gasteiger partial charge in [-0.25, -0.2) is 0 Å². The zero-order chi connectivity index (χ0) is 17.2. The van der Waals surface area contributed by atoms with Crippen molar-refractivity contribution in [3.63, 3.8) is 0 Å². The Morgan fingerprint density at radius 3 is 2.20 bits per heavy atom. The molecule has 25 heavy (non-hydrogen) atoms. The number of rotatable bonds is 3. The van der Waals surface area contributed by atoms with Crippen LogP contribution in [-0.4, -0.2) is 19.1 Å². The van der Waals surface area contributed by atoms with E-state index in [0.717, 1.165) is 22.3 Å². The molecule has 4 nitrogen and oxygen atoms in total. The van der Waals surface area contributed by atoms with Crippen molar-refractivity contribution in [2.24, 2.45) is 5.73 Å². The van der Waals surface area contributed by atoms with E-state index in [0.29, 0.717) is 30.3 Å². The van der Waals surface area contributed by atoms with Crippen molar-refractivity contribution < 1.29 is 14.3 Å². The number of carbonyl (C=O) groups excluding carboxylic acids is 1. The Hall–Kier alpha value is -3.27. The van der Waals surface area contributed by atoms with Crippen molar-refractivity contribution >= 4 is 5.91 Å². The van der Waals surface area contributed by atoms with E-state index < -0.39 is 5.91 Å². The molecule has 0 bridgehead atoms. The summed E-state index contributed by atoms with van der Waals surface area (Å²) >= 11 is 0. The number of amides is 1. The Labute approximate surface area is 145 Å². The van der Waals surface area contributed by atoms with Gasteiger partial charge in [0.2, 0.25) is 0 Å². The van der Waals surface area contributed by atoms with Crippen LogP contribution in [0.2, 0.25) is 0 Å². The molecular formula is C21H17NO3. The number of primary amides is 1. The Morgan fingerprint density at radius 2 is 1.44 bits per heavy atom. The Balaban J connectivity index is 1.82. The lowest BCUT2D eigenvalue weighted by molar-refractivity contribution is 0.0989. The van der Waals surface area contributed by atoms with Crippen LogP contribution < -0.4 is 15.2 Å². The molecule has 124 valence electrons. The number of hydrogen-bond acceptors (Lipinski definition) is 3. The minimum Gasteiger partial charge on any atom is -0.486 e. The van der Waals surface area contributed by atoms with Crippen molar-refractivity contribution in [1.82, 2.24) is 0 Å². The molecule has 3 aromatic carbocycles. The van der Waals surface area contributed by atoms with Gasteiger partial charge >= 0.3 is 0 Å². The third kappa shape index (κ3) is 2.94. The Morgan fingerprint density at radius 1 is 0.760 bits per heavy atom. The summed E-state index contributed by atoms with van der Waals surface area (Å²) in [6, 6.07) is 22.0. The lowest BCUT2D eigenvalue weighted by Crippen LogP contribution is -2.20. The molecule has 0 aliphatic carbocycles. The molecule has 4 rings (SSSR count). The van der Waals surface area contributed by atoms with Gasteiger partial charge in [-0.3, -0.25) is 4.79 Å². The van der Waals surface area contributed by atoms with Crippen LogP contribution in [0.3, 0.4) is 0 Å². The zero-order valence-electron chi connectivity index (χ0n) is 13.6. The molecule has 0 fully saturated rings. The maximum atomic E-state index is 11.8. The van der Waals surface area contributed by atoms with Crippen molar-refractivity contribution in [2.75, 3.05) is 13.2 Å². The van der Waals surface area contributed by atoms with E-state index in [1.807, 2.05) is 36.4 Å². The van der Waals surface area contributed by atoms with Crippen molar-refractivity contribution in [1.29, 1.82) is 0 Å². The Bertz CT molecular complexity index is 935. The summed E-state index contributed by atoms with van der Waals surface area (Å²) in [7, 11) is 0. The average Bonchev–Trinajstić information content (AvgIpc) is 2.68. The molecule has 0 radical (unpaired) electrons. The van der Waals surface area contributed by atoms with E-state index in [4.69, 9.17) is 15.2 Å². The highest BCUT2D eigenvalue weighted by molar-refractivity contribution is 5.98. The second-order valence-electron chi connectivity index (χ2n) is 5.86. The topological polar surface area (TPSA) is 61.6 Å². The van der Waals surface area contributed by atoms with Gasteiger partial charge in [0, 0.05) is 0 Å². The number of hydrogen-bond donors (Lipinski definition) is 1. The first kappa shape index (κ1) is 15.3. The van der Waals surface area contributed by atoms with E-state index in [1.165, 1.54) is 0 Å². The fraction of sp³-hybridized carbons (Fsp3) is 0.0952. The number of benzene rings is 3. The molecular weight excluding hydrogens is 314 g/mol. The maximum Gasteiger partial charge on any atom is 0.252 e. The largest absolute Gasteiger partial charge is 0.486 e. The van der Waals surface area contributed by atoms with E-state index in [-0.39, 0.29) is 0 Å². The predicted octanol–water partition coefficient (Wildman–Crippen LogP) is 3.89. The van der Waals surface area contributed by atoms with Crippen LogP contribution in [0, 0.1) is 0 Å². The number of nitrogens with two attached hydrogens (primary N) is 1. The van der Waals surface area contributed by atoms with Crippen molar-refractivity contribution in [3.05, 3.63) is 72.3 Å². The predicted molar refractivity (Wildman–Crippen MR) is 96.8 cm³/mol. The monoisotopic (exact) mass is 331 g/mol.